The molecule has 0 saturated carbocycles. The molecule has 0 atom stereocenters. The van der Waals surface area contributed by atoms with E-state index < -0.39 is 0 Å². The summed E-state index contributed by atoms with van der Waals surface area (Å²) in [6, 6.07) is 4.21. The molecule has 1 aromatic rings. The quantitative estimate of drug-likeness (QED) is 0.625. The van der Waals surface area contributed by atoms with Gasteiger partial charge in [0.15, 0.2) is 5.78 Å². The fourth-order valence-electron chi connectivity index (χ4n) is 2.22. The summed E-state index contributed by atoms with van der Waals surface area (Å²) in [5.41, 5.74) is 2.51. The normalized spacial score (nSPS) is 17.6. The maximum Gasteiger partial charge on any atom is 0.160 e. The molecule has 0 unspecified atom stereocenters. The van der Waals surface area contributed by atoms with Gasteiger partial charge in [-0.2, -0.15) is 0 Å². The number of benzene rings is 1. The first-order valence-corrected chi connectivity index (χ1v) is 4.95. The Bertz CT molecular complexity index is 528. The number of hydrogen-bond acceptors (Lipinski definition) is 2. The van der Waals surface area contributed by atoms with Crippen LogP contribution in [0.2, 0.25) is 0 Å². The number of Topliss-reactive ketones (excluding diaryl/α,β-unsaturated/α-hetero) is 1. The molecule has 0 amide bonds. The summed E-state index contributed by atoms with van der Waals surface area (Å²) in [7, 11) is 0. The van der Waals surface area contributed by atoms with Crippen molar-refractivity contribution in [1.29, 1.82) is 0 Å². The second-order valence-electron chi connectivity index (χ2n) is 3.79. The molecule has 0 spiro atoms. The lowest BCUT2D eigenvalue weighted by Gasteiger charge is -2.04. The Morgan fingerprint density at radius 3 is 3.14 bits per heavy atom. The van der Waals surface area contributed by atoms with Gasteiger partial charge < -0.3 is 5.32 Å². The molecule has 1 aliphatic heterocycles. The van der Waals surface area contributed by atoms with E-state index in [9.17, 15) is 4.79 Å². The van der Waals surface area contributed by atoms with Crippen LogP contribution in [0.25, 0.3) is 12.2 Å². The third kappa shape index (κ3) is 1.00. The van der Waals surface area contributed by atoms with Gasteiger partial charge >= 0.3 is 0 Å². The molecule has 2 nitrogen and oxygen atoms in total. The summed E-state index contributed by atoms with van der Waals surface area (Å²) in [6.45, 7) is 0.994. The van der Waals surface area contributed by atoms with Crippen LogP contribution in [0.1, 0.15) is 12.0 Å². The molecule has 1 aliphatic carbocycles. The Morgan fingerprint density at radius 1 is 1.29 bits per heavy atom. The monoisotopic (exact) mass is 185 g/mol. The lowest BCUT2D eigenvalue weighted by Crippen LogP contribution is -2.31. The van der Waals surface area contributed by atoms with E-state index in [-0.39, 0.29) is 5.78 Å². The van der Waals surface area contributed by atoms with E-state index in [1.807, 2.05) is 6.08 Å². The Balaban J connectivity index is 2.42. The zero-order valence-electron chi connectivity index (χ0n) is 7.84. The second-order valence-corrected chi connectivity index (χ2v) is 3.79. The summed E-state index contributed by atoms with van der Waals surface area (Å²) in [5, 5.41) is 5.68. The zero-order chi connectivity index (χ0) is 9.54. The molecular weight excluding hydrogens is 174 g/mol. The maximum atomic E-state index is 11.3. The van der Waals surface area contributed by atoms with Crippen LogP contribution in [0, 0.1) is 0 Å². The average molecular weight is 185 g/mol. The molecule has 2 aliphatic rings. The van der Waals surface area contributed by atoms with Gasteiger partial charge in [-0.15, -0.1) is 0 Å². The van der Waals surface area contributed by atoms with Crippen LogP contribution in [-0.4, -0.2) is 12.3 Å². The first-order valence-electron chi connectivity index (χ1n) is 4.95. The van der Waals surface area contributed by atoms with Crippen molar-refractivity contribution in [2.45, 2.75) is 12.8 Å². The molecule has 1 aromatic carbocycles. The Morgan fingerprint density at radius 2 is 2.21 bits per heavy atom. The fraction of sp³-hybridized carbons (Fsp3) is 0.250. The van der Waals surface area contributed by atoms with Gasteiger partial charge in [-0.25, -0.2) is 0 Å². The summed E-state index contributed by atoms with van der Waals surface area (Å²) in [4.78, 5) is 11.3. The van der Waals surface area contributed by atoms with Gasteiger partial charge in [0.2, 0.25) is 0 Å². The lowest BCUT2D eigenvalue weighted by atomic mass is 10.0. The minimum atomic E-state index is 0.220. The molecular formula is C12H11NO. The number of anilines is 1. The van der Waals surface area contributed by atoms with E-state index in [1.165, 1.54) is 16.5 Å². The predicted octanol–water partition coefficient (Wildman–Crippen LogP) is 0.188. The van der Waals surface area contributed by atoms with E-state index in [0.29, 0.717) is 6.42 Å². The molecule has 0 radical (unpaired) electrons. The fourth-order valence-corrected chi connectivity index (χ4v) is 2.22. The van der Waals surface area contributed by atoms with Crippen molar-refractivity contribution in [3.8, 4) is 0 Å². The van der Waals surface area contributed by atoms with Gasteiger partial charge in [0.1, 0.15) is 0 Å². The molecule has 0 bridgehead atoms. The van der Waals surface area contributed by atoms with Gasteiger partial charge in [-0.1, -0.05) is 12.1 Å². The second kappa shape index (κ2) is 2.71. The molecule has 1 N–H and O–H groups in total. The van der Waals surface area contributed by atoms with Gasteiger partial charge in [0, 0.05) is 18.7 Å². The smallest absolute Gasteiger partial charge is 0.160 e. The van der Waals surface area contributed by atoms with Gasteiger partial charge in [-0.05, 0) is 34.6 Å². The summed E-state index contributed by atoms with van der Waals surface area (Å²) in [6.07, 6.45) is 5.41. The molecule has 14 heavy (non-hydrogen) atoms. The number of nitrogens with one attached hydrogen (secondary N) is 1. The van der Waals surface area contributed by atoms with Crippen LogP contribution >= 0.6 is 0 Å². The van der Waals surface area contributed by atoms with E-state index in [4.69, 9.17) is 0 Å². The number of carbonyl (C=O) groups is 1. The van der Waals surface area contributed by atoms with Crippen molar-refractivity contribution in [3.63, 3.8) is 0 Å². The lowest BCUT2D eigenvalue weighted by molar-refractivity contribution is -0.112. The first kappa shape index (κ1) is 7.80. The highest BCUT2D eigenvalue weighted by molar-refractivity contribution is 6.09. The molecule has 0 saturated heterocycles. The minimum absolute atomic E-state index is 0.220. The van der Waals surface area contributed by atoms with Crippen LogP contribution in [0.3, 0.4) is 0 Å². The maximum absolute atomic E-state index is 11.3. The van der Waals surface area contributed by atoms with E-state index in [2.05, 4.69) is 17.4 Å². The predicted molar refractivity (Wildman–Crippen MR) is 56.4 cm³/mol. The summed E-state index contributed by atoms with van der Waals surface area (Å²) >= 11 is 0. The highest BCUT2D eigenvalue weighted by atomic mass is 16.1. The van der Waals surface area contributed by atoms with Crippen molar-refractivity contribution in [3.05, 3.63) is 28.1 Å². The zero-order valence-corrected chi connectivity index (χ0v) is 7.84. The standard InChI is InChI=1S/C12H11NO/c14-9-3-1-8-2-4-12-10(5-6-13-12)11(8)7-9/h1-2,4,7,13H,3,5-6H2. The topological polar surface area (TPSA) is 29.1 Å². The molecule has 2 heteroatoms. The van der Waals surface area contributed by atoms with E-state index in [1.54, 1.807) is 6.08 Å². The highest BCUT2D eigenvalue weighted by Crippen LogP contribution is 2.16. The summed E-state index contributed by atoms with van der Waals surface area (Å²) < 4.78 is 0. The summed E-state index contributed by atoms with van der Waals surface area (Å²) in [5.74, 6) is 0.220. The molecule has 3 rings (SSSR count). The highest BCUT2D eigenvalue weighted by Gasteiger charge is 2.13. The Labute approximate surface area is 81.9 Å². The van der Waals surface area contributed by atoms with Crippen molar-refractivity contribution >= 4 is 23.6 Å². The van der Waals surface area contributed by atoms with E-state index >= 15 is 0 Å². The van der Waals surface area contributed by atoms with Crippen LogP contribution in [0.5, 0.6) is 0 Å². The number of rotatable bonds is 0. The first-order chi connectivity index (χ1) is 6.84. The van der Waals surface area contributed by atoms with Crippen LogP contribution < -0.4 is 15.8 Å². The largest absolute Gasteiger partial charge is 0.384 e. The van der Waals surface area contributed by atoms with E-state index in [0.717, 1.165) is 18.2 Å². The Kier molecular flexibility index (Phi) is 1.51. The van der Waals surface area contributed by atoms with Crippen molar-refractivity contribution in [2.24, 2.45) is 0 Å². The number of carbonyl (C=O) groups excluding carboxylic acids is 1. The molecule has 0 fully saturated rings. The number of ketones is 1. The van der Waals surface area contributed by atoms with Gasteiger partial charge in [0.05, 0.1) is 0 Å². The average Bonchev–Trinajstić information content (AvgIpc) is 2.65. The molecule has 70 valence electrons. The third-order valence-corrected chi connectivity index (χ3v) is 2.91. The molecule has 1 heterocycles. The number of hydrogen-bond donors (Lipinski definition) is 1. The van der Waals surface area contributed by atoms with Crippen LogP contribution in [0.4, 0.5) is 5.69 Å². The van der Waals surface area contributed by atoms with Crippen molar-refractivity contribution < 1.29 is 4.79 Å². The van der Waals surface area contributed by atoms with Crippen LogP contribution in [0.15, 0.2) is 12.1 Å². The number of fused-ring (bicyclic) bond motifs is 3. The van der Waals surface area contributed by atoms with Crippen LogP contribution in [-0.2, 0) is 11.2 Å². The van der Waals surface area contributed by atoms with Crippen molar-refractivity contribution in [1.82, 2.24) is 0 Å². The van der Waals surface area contributed by atoms with Crippen molar-refractivity contribution in [2.75, 3.05) is 11.9 Å². The Hall–Kier alpha value is -1.57. The molecule has 0 aromatic heterocycles. The third-order valence-electron chi connectivity index (χ3n) is 2.91. The van der Waals surface area contributed by atoms with Gasteiger partial charge in [0.25, 0.3) is 0 Å². The van der Waals surface area contributed by atoms with Gasteiger partial charge in [-0.3, -0.25) is 4.79 Å². The minimum Gasteiger partial charge on any atom is -0.384 e. The SMILES string of the molecule is O=C1C=c2c3c(ccc2=CC1)NCC3.